The van der Waals surface area contributed by atoms with E-state index in [9.17, 15) is 22.4 Å². The van der Waals surface area contributed by atoms with Crippen molar-refractivity contribution in [1.82, 2.24) is 0 Å². The zero-order valence-electron chi connectivity index (χ0n) is 18.1. The van der Waals surface area contributed by atoms with Crippen LogP contribution in [-0.4, -0.2) is 26.0 Å². The number of fused-ring (bicyclic) bond motifs is 2. The lowest BCUT2D eigenvalue weighted by Crippen LogP contribution is -2.54. The van der Waals surface area contributed by atoms with Gasteiger partial charge < -0.3 is 4.90 Å². The standard InChI is InChI=1S/C25H21FN2O4S/c1-16-11-17(2)13-19(12-16)28-23(29)15-33(31,32)25(28)20-8-4-6-10-22(20)27(24(25)30)14-18-7-3-5-9-21(18)26/h3-13H,14-15H2,1-2H3/t25-/m1/s1. The van der Waals surface area contributed by atoms with Crippen molar-refractivity contribution in [1.29, 1.82) is 0 Å². The Labute approximate surface area is 191 Å². The minimum atomic E-state index is -4.27. The lowest BCUT2D eigenvalue weighted by molar-refractivity contribution is -0.123. The van der Waals surface area contributed by atoms with Gasteiger partial charge in [-0.25, -0.2) is 12.8 Å². The second kappa shape index (κ2) is 7.25. The van der Waals surface area contributed by atoms with E-state index in [2.05, 4.69) is 0 Å². The fourth-order valence-corrected chi connectivity index (χ4v) is 6.96. The van der Waals surface area contributed by atoms with E-state index in [1.165, 1.54) is 11.0 Å². The third-order valence-electron chi connectivity index (χ3n) is 6.17. The number of amides is 2. The maximum atomic E-state index is 14.4. The smallest absolute Gasteiger partial charge is 0.274 e. The van der Waals surface area contributed by atoms with Gasteiger partial charge in [-0.15, -0.1) is 0 Å². The predicted molar refractivity (Wildman–Crippen MR) is 123 cm³/mol. The summed E-state index contributed by atoms with van der Waals surface area (Å²) in [5.74, 6) is -2.73. The maximum Gasteiger partial charge on any atom is 0.274 e. The Balaban J connectivity index is 1.76. The molecular weight excluding hydrogens is 443 g/mol. The van der Waals surface area contributed by atoms with Gasteiger partial charge in [-0.2, -0.15) is 0 Å². The summed E-state index contributed by atoms with van der Waals surface area (Å²) in [6.07, 6.45) is 0. The van der Waals surface area contributed by atoms with Crippen molar-refractivity contribution in [3.05, 3.63) is 94.8 Å². The van der Waals surface area contributed by atoms with Crippen molar-refractivity contribution < 1.29 is 22.4 Å². The third-order valence-corrected chi connectivity index (χ3v) is 8.28. The molecule has 6 nitrogen and oxygen atoms in total. The Morgan fingerprint density at radius 2 is 1.58 bits per heavy atom. The van der Waals surface area contributed by atoms with Gasteiger partial charge in [0.05, 0.1) is 12.2 Å². The van der Waals surface area contributed by atoms with E-state index in [0.29, 0.717) is 11.4 Å². The van der Waals surface area contributed by atoms with E-state index in [1.54, 1.807) is 54.6 Å². The first kappa shape index (κ1) is 21.3. The Morgan fingerprint density at radius 3 is 2.27 bits per heavy atom. The summed E-state index contributed by atoms with van der Waals surface area (Å²) in [5, 5.41) is 0. The molecule has 2 aliphatic heterocycles. The Bertz CT molecular complexity index is 1420. The van der Waals surface area contributed by atoms with Crippen LogP contribution in [0.1, 0.15) is 22.3 Å². The number of nitrogens with zero attached hydrogens (tertiary/aromatic N) is 2. The second-order valence-electron chi connectivity index (χ2n) is 8.48. The van der Waals surface area contributed by atoms with E-state index in [0.717, 1.165) is 16.0 Å². The molecule has 0 radical (unpaired) electrons. The van der Waals surface area contributed by atoms with E-state index < -0.39 is 38.1 Å². The summed E-state index contributed by atoms with van der Waals surface area (Å²) in [5.41, 5.74) is 2.81. The topological polar surface area (TPSA) is 74.8 Å². The molecule has 1 spiro atoms. The normalized spacial score (nSPS) is 21.2. The fraction of sp³-hybridized carbons (Fsp3) is 0.200. The lowest BCUT2D eigenvalue weighted by atomic mass is 10.0. The van der Waals surface area contributed by atoms with E-state index in [1.807, 2.05) is 19.9 Å². The molecule has 2 heterocycles. The molecule has 5 rings (SSSR count). The first-order chi connectivity index (χ1) is 15.7. The van der Waals surface area contributed by atoms with E-state index >= 15 is 0 Å². The number of carbonyl (C=O) groups excluding carboxylic acids is 2. The van der Waals surface area contributed by atoms with Gasteiger partial charge in [-0.1, -0.05) is 42.5 Å². The molecule has 0 aliphatic carbocycles. The molecule has 0 unspecified atom stereocenters. The number of benzene rings is 3. The van der Waals surface area contributed by atoms with Crippen LogP contribution in [0.5, 0.6) is 0 Å². The molecule has 2 aliphatic rings. The molecule has 3 aromatic rings. The van der Waals surface area contributed by atoms with Gasteiger partial charge in [-0.3, -0.25) is 14.5 Å². The summed E-state index contributed by atoms with van der Waals surface area (Å²) < 4.78 is 41.6. The van der Waals surface area contributed by atoms with Gasteiger partial charge in [0.25, 0.3) is 10.8 Å². The SMILES string of the molecule is Cc1cc(C)cc(N2C(=O)CS(=O)(=O)[C@]23C(=O)N(Cc2ccccc2F)c2ccccc23)c1. The van der Waals surface area contributed by atoms with Crippen molar-refractivity contribution in [3.8, 4) is 0 Å². The third kappa shape index (κ3) is 2.94. The van der Waals surface area contributed by atoms with Crippen LogP contribution in [0, 0.1) is 19.7 Å². The molecule has 2 amide bonds. The van der Waals surface area contributed by atoms with Crippen LogP contribution in [0.3, 0.4) is 0 Å². The van der Waals surface area contributed by atoms with Gasteiger partial charge in [-0.05, 0) is 49.2 Å². The number of carbonyl (C=O) groups is 2. The molecule has 1 fully saturated rings. The molecule has 33 heavy (non-hydrogen) atoms. The van der Waals surface area contributed by atoms with Crippen LogP contribution in [0.2, 0.25) is 0 Å². The molecule has 8 heteroatoms. The minimum Gasteiger partial charge on any atom is -0.304 e. The summed E-state index contributed by atoms with van der Waals surface area (Å²) in [6, 6.07) is 17.8. The molecule has 168 valence electrons. The molecule has 0 bridgehead atoms. The first-order valence-corrected chi connectivity index (χ1v) is 12.1. The predicted octanol–water partition coefficient (Wildman–Crippen LogP) is 3.60. The van der Waals surface area contributed by atoms with Crippen molar-refractivity contribution >= 4 is 33.0 Å². The minimum absolute atomic E-state index is 0.158. The lowest BCUT2D eigenvalue weighted by Gasteiger charge is -2.33. The molecule has 0 N–H and O–H groups in total. The average molecular weight is 465 g/mol. The zero-order chi connectivity index (χ0) is 23.5. The Kier molecular flexibility index (Phi) is 4.68. The molecule has 1 saturated heterocycles. The quantitative estimate of drug-likeness (QED) is 0.594. The van der Waals surface area contributed by atoms with Crippen molar-refractivity contribution in [2.75, 3.05) is 15.6 Å². The average Bonchev–Trinajstić information content (AvgIpc) is 3.12. The summed E-state index contributed by atoms with van der Waals surface area (Å²) in [7, 11) is -4.27. The number of sulfone groups is 1. The number of hydrogen-bond donors (Lipinski definition) is 0. The second-order valence-corrected chi connectivity index (χ2v) is 10.6. The van der Waals surface area contributed by atoms with Gasteiger partial charge in [0.2, 0.25) is 5.91 Å². The van der Waals surface area contributed by atoms with Crippen LogP contribution in [0.15, 0.2) is 66.7 Å². The summed E-state index contributed by atoms with van der Waals surface area (Å²) in [4.78, 5) is 27.4. The fourth-order valence-electron chi connectivity index (χ4n) is 4.93. The summed E-state index contributed by atoms with van der Waals surface area (Å²) >= 11 is 0. The number of rotatable bonds is 3. The number of aryl methyl sites for hydroxylation is 2. The molecule has 3 aromatic carbocycles. The number of hydrogen-bond acceptors (Lipinski definition) is 4. The van der Waals surface area contributed by atoms with Crippen LogP contribution < -0.4 is 9.80 Å². The highest BCUT2D eigenvalue weighted by atomic mass is 32.2. The monoisotopic (exact) mass is 464 g/mol. The van der Waals surface area contributed by atoms with Gasteiger partial charge >= 0.3 is 0 Å². The molecule has 0 aromatic heterocycles. The summed E-state index contributed by atoms with van der Waals surface area (Å²) in [6.45, 7) is 3.52. The Morgan fingerprint density at radius 1 is 0.939 bits per heavy atom. The molecule has 0 saturated carbocycles. The van der Waals surface area contributed by atoms with E-state index in [4.69, 9.17) is 0 Å². The van der Waals surface area contributed by atoms with Gasteiger partial charge in [0.15, 0.2) is 9.84 Å². The maximum absolute atomic E-state index is 14.4. The van der Waals surface area contributed by atoms with Crippen LogP contribution in [0.4, 0.5) is 15.8 Å². The van der Waals surface area contributed by atoms with E-state index in [-0.39, 0.29) is 17.7 Å². The zero-order valence-corrected chi connectivity index (χ0v) is 18.9. The highest BCUT2D eigenvalue weighted by Gasteiger charge is 2.69. The number of anilines is 2. The largest absolute Gasteiger partial charge is 0.304 e. The van der Waals surface area contributed by atoms with Crippen LogP contribution in [-0.2, 0) is 30.8 Å². The van der Waals surface area contributed by atoms with Crippen molar-refractivity contribution in [3.63, 3.8) is 0 Å². The molecular formula is C25H21FN2O4S. The van der Waals surface area contributed by atoms with Crippen LogP contribution in [0.25, 0.3) is 0 Å². The van der Waals surface area contributed by atoms with Gasteiger partial charge in [0.1, 0.15) is 11.6 Å². The van der Waals surface area contributed by atoms with Gasteiger partial charge in [0, 0.05) is 16.8 Å². The highest BCUT2D eigenvalue weighted by molar-refractivity contribution is 7.94. The van der Waals surface area contributed by atoms with Crippen molar-refractivity contribution in [2.24, 2.45) is 0 Å². The number of halogens is 1. The van der Waals surface area contributed by atoms with Crippen LogP contribution >= 0.6 is 0 Å². The molecule has 1 atom stereocenters. The number of para-hydroxylation sites is 1. The van der Waals surface area contributed by atoms with Crippen molar-refractivity contribution in [2.45, 2.75) is 25.3 Å². The first-order valence-electron chi connectivity index (χ1n) is 10.5. The highest BCUT2D eigenvalue weighted by Crippen LogP contribution is 2.53. The Hall–Kier alpha value is -3.52.